The minimum Gasteiger partial charge on any atom is -0.342 e. The first-order valence-corrected chi connectivity index (χ1v) is 6.87. The first-order chi connectivity index (χ1) is 7.59. The second kappa shape index (κ2) is 4.62. The normalized spacial score (nSPS) is 26.8. The van der Waals surface area contributed by atoms with E-state index in [0.29, 0.717) is 11.8 Å². The lowest BCUT2D eigenvalue weighted by molar-refractivity contribution is -0.134. The predicted molar refractivity (Wildman–Crippen MR) is 72.8 cm³/mol. The van der Waals surface area contributed by atoms with Gasteiger partial charge in [-0.25, -0.2) is 0 Å². The van der Waals surface area contributed by atoms with E-state index in [1.807, 2.05) is 0 Å². The SMILES string of the molecule is CCCN1CC(C(C)(C)C)C(C(C)(C)C)C1=O. The highest BCUT2D eigenvalue weighted by molar-refractivity contribution is 5.82. The molecule has 1 amide bonds. The molecule has 0 saturated carbocycles. The van der Waals surface area contributed by atoms with Gasteiger partial charge in [0.25, 0.3) is 0 Å². The summed E-state index contributed by atoms with van der Waals surface area (Å²) in [6, 6.07) is 0. The van der Waals surface area contributed by atoms with E-state index in [2.05, 4.69) is 53.4 Å². The van der Waals surface area contributed by atoms with Crippen LogP contribution in [0, 0.1) is 22.7 Å². The Bertz CT molecular complexity index is 282. The van der Waals surface area contributed by atoms with Gasteiger partial charge in [0.2, 0.25) is 5.91 Å². The fraction of sp³-hybridized carbons (Fsp3) is 0.933. The van der Waals surface area contributed by atoms with Gasteiger partial charge in [-0.3, -0.25) is 4.79 Å². The van der Waals surface area contributed by atoms with Gasteiger partial charge in [0.05, 0.1) is 0 Å². The van der Waals surface area contributed by atoms with Crippen LogP contribution < -0.4 is 0 Å². The molecule has 1 aliphatic rings. The summed E-state index contributed by atoms with van der Waals surface area (Å²) in [7, 11) is 0. The van der Waals surface area contributed by atoms with Crippen LogP contribution in [0.3, 0.4) is 0 Å². The van der Waals surface area contributed by atoms with Crippen LogP contribution in [0.1, 0.15) is 54.9 Å². The molecule has 1 saturated heterocycles. The molecule has 17 heavy (non-hydrogen) atoms. The third-order valence-corrected chi connectivity index (χ3v) is 3.94. The van der Waals surface area contributed by atoms with Crippen molar-refractivity contribution in [3.8, 4) is 0 Å². The second-order valence-corrected chi connectivity index (χ2v) is 7.60. The molecule has 0 radical (unpaired) electrons. The third-order valence-electron chi connectivity index (χ3n) is 3.94. The lowest BCUT2D eigenvalue weighted by Gasteiger charge is -2.36. The van der Waals surface area contributed by atoms with E-state index in [1.165, 1.54) is 0 Å². The molecule has 1 fully saturated rings. The largest absolute Gasteiger partial charge is 0.342 e. The highest BCUT2D eigenvalue weighted by Crippen LogP contribution is 2.46. The molecule has 1 heterocycles. The fourth-order valence-electron chi connectivity index (χ4n) is 3.02. The maximum absolute atomic E-state index is 12.5. The molecule has 2 unspecified atom stereocenters. The standard InChI is InChI=1S/C15H29NO/c1-8-9-16-10-11(14(2,3)4)12(13(16)17)15(5,6)7/h11-12H,8-10H2,1-7H3. The van der Waals surface area contributed by atoms with Crippen LogP contribution >= 0.6 is 0 Å². The van der Waals surface area contributed by atoms with Crippen molar-refractivity contribution in [2.75, 3.05) is 13.1 Å². The van der Waals surface area contributed by atoms with Gasteiger partial charge in [0, 0.05) is 19.0 Å². The predicted octanol–water partition coefficient (Wildman–Crippen LogP) is 3.56. The zero-order chi connectivity index (χ0) is 13.4. The van der Waals surface area contributed by atoms with Crippen molar-refractivity contribution in [1.82, 2.24) is 4.90 Å². The minimum absolute atomic E-state index is 0.0670. The molecule has 2 heteroatoms. The molecule has 0 N–H and O–H groups in total. The van der Waals surface area contributed by atoms with Crippen molar-refractivity contribution in [3.63, 3.8) is 0 Å². The summed E-state index contributed by atoms with van der Waals surface area (Å²) in [6.07, 6.45) is 1.06. The summed E-state index contributed by atoms with van der Waals surface area (Å²) >= 11 is 0. The van der Waals surface area contributed by atoms with Crippen molar-refractivity contribution < 1.29 is 4.79 Å². The fourth-order valence-corrected chi connectivity index (χ4v) is 3.02. The number of hydrogen-bond donors (Lipinski definition) is 0. The van der Waals surface area contributed by atoms with Crippen LogP contribution in [0.5, 0.6) is 0 Å². The molecule has 0 aromatic carbocycles. The van der Waals surface area contributed by atoms with Crippen molar-refractivity contribution >= 4 is 5.91 Å². The molecule has 100 valence electrons. The van der Waals surface area contributed by atoms with Crippen molar-refractivity contribution in [3.05, 3.63) is 0 Å². The number of hydrogen-bond acceptors (Lipinski definition) is 1. The van der Waals surface area contributed by atoms with Gasteiger partial charge in [0.15, 0.2) is 0 Å². The van der Waals surface area contributed by atoms with Crippen LogP contribution in [0.2, 0.25) is 0 Å². The highest BCUT2D eigenvalue weighted by Gasteiger charge is 2.50. The molecule has 2 nitrogen and oxygen atoms in total. The van der Waals surface area contributed by atoms with Gasteiger partial charge in [-0.1, -0.05) is 48.5 Å². The first-order valence-electron chi connectivity index (χ1n) is 6.87. The number of likely N-dealkylation sites (tertiary alicyclic amines) is 1. The van der Waals surface area contributed by atoms with Crippen LogP contribution in [-0.2, 0) is 4.79 Å². The van der Waals surface area contributed by atoms with Crippen LogP contribution in [0.15, 0.2) is 0 Å². The van der Waals surface area contributed by atoms with Crippen molar-refractivity contribution in [2.45, 2.75) is 54.9 Å². The van der Waals surface area contributed by atoms with Gasteiger partial charge >= 0.3 is 0 Å². The average Bonchev–Trinajstić information content (AvgIpc) is 2.43. The Balaban J connectivity index is 3.01. The third kappa shape index (κ3) is 3.02. The quantitative estimate of drug-likeness (QED) is 0.721. The van der Waals surface area contributed by atoms with Crippen molar-refractivity contribution in [2.24, 2.45) is 22.7 Å². The zero-order valence-corrected chi connectivity index (χ0v) is 12.6. The second-order valence-electron chi connectivity index (χ2n) is 7.60. The van der Waals surface area contributed by atoms with E-state index >= 15 is 0 Å². The van der Waals surface area contributed by atoms with E-state index in [-0.39, 0.29) is 16.7 Å². The van der Waals surface area contributed by atoms with Gasteiger partial charge in [-0.15, -0.1) is 0 Å². The topological polar surface area (TPSA) is 20.3 Å². The lowest BCUT2D eigenvalue weighted by atomic mass is 9.66. The Kier molecular flexibility index (Phi) is 3.95. The molecule has 1 aliphatic heterocycles. The van der Waals surface area contributed by atoms with E-state index in [1.54, 1.807) is 0 Å². The average molecular weight is 239 g/mol. The number of nitrogens with zero attached hydrogens (tertiary/aromatic N) is 1. The monoisotopic (exact) mass is 239 g/mol. The maximum atomic E-state index is 12.5. The summed E-state index contributed by atoms with van der Waals surface area (Å²) in [5.74, 6) is 1.02. The Morgan fingerprint density at radius 1 is 1.12 bits per heavy atom. The number of carbonyl (C=O) groups excluding carboxylic acids is 1. The summed E-state index contributed by atoms with van der Waals surface area (Å²) < 4.78 is 0. The van der Waals surface area contributed by atoms with Crippen LogP contribution in [0.25, 0.3) is 0 Å². The minimum atomic E-state index is 0.0670. The van der Waals surface area contributed by atoms with E-state index < -0.39 is 0 Å². The van der Waals surface area contributed by atoms with Gasteiger partial charge in [-0.2, -0.15) is 0 Å². The van der Waals surface area contributed by atoms with Crippen molar-refractivity contribution in [1.29, 1.82) is 0 Å². The van der Waals surface area contributed by atoms with Gasteiger partial charge in [-0.05, 0) is 23.2 Å². The van der Waals surface area contributed by atoms with Gasteiger partial charge < -0.3 is 4.90 Å². The Labute approximate surface area is 107 Å². The molecule has 0 spiro atoms. The Morgan fingerprint density at radius 2 is 1.65 bits per heavy atom. The van der Waals surface area contributed by atoms with E-state index in [9.17, 15) is 4.79 Å². The summed E-state index contributed by atoms with van der Waals surface area (Å²) in [5, 5.41) is 0. The summed E-state index contributed by atoms with van der Waals surface area (Å²) in [5.41, 5.74) is 0.271. The Morgan fingerprint density at radius 3 is 1.94 bits per heavy atom. The summed E-state index contributed by atoms with van der Waals surface area (Å²) in [6.45, 7) is 17.4. The zero-order valence-electron chi connectivity index (χ0n) is 12.6. The number of amides is 1. The van der Waals surface area contributed by atoms with E-state index in [4.69, 9.17) is 0 Å². The number of rotatable bonds is 2. The van der Waals surface area contributed by atoms with E-state index in [0.717, 1.165) is 19.5 Å². The molecule has 0 aromatic heterocycles. The van der Waals surface area contributed by atoms with Gasteiger partial charge in [0.1, 0.15) is 0 Å². The molecule has 0 aliphatic carbocycles. The molecule has 2 atom stereocenters. The molecule has 0 bridgehead atoms. The smallest absolute Gasteiger partial charge is 0.226 e. The lowest BCUT2D eigenvalue weighted by Crippen LogP contribution is -2.37. The number of carbonyl (C=O) groups is 1. The molecular formula is C15H29NO. The molecule has 0 aromatic rings. The Hall–Kier alpha value is -0.530. The maximum Gasteiger partial charge on any atom is 0.226 e. The molecule has 1 rings (SSSR count). The van der Waals surface area contributed by atoms with Crippen LogP contribution in [0.4, 0.5) is 0 Å². The summed E-state index contributed by atoms with van der Waals surface area (Å²) in [4.78, 5) is 14.6. The van der Waals surface area contributed by atoms with Crippen LogP contribution in [-0.4, -0.2) is 23.9 Å². The molecular weight excluding hydrogens is 210 g/mol. The first kappa shape index (κ1) is 14.5. The highest BCUT2D eigenvalue weighted by atomic mass is 16.2.